The molecule has 3 rings (SSSR count). The van der Waals surface area contributed by atoms with Crippen LogP contribution in [0.15, 0.2) is 60.9 Å². The van der Waals surface area contributed by atoms with Gasteiger partial charge in [-0.25, -0.2) is 9.97 Å². The average Bonchev–Trinajstić information content (AvgIpc) is 2.74. The Morgan fingerprint density at radius 2 is 1.82 bits per heavy atom. The number of hydrogen-bond donors (Lipinski definition) is 1. The van der Waals surface area contributed by atoms with Crippen molar-refractivity contribution in [2.24, 2.45) is 0 Å². The van der Waals surface area contributed by atoms with Crippen LogP contribution in [0.25, 0.3) is 0 Å². The van der Waals surface area contributed by atoms with Crippen LogP contribution in [-0.4, -0.2) is 37.1 Å². The average molecular weight is 378 g/mol. The van der Waals surface area contributed by atoms with Crippen LogP contribution in [0.3, 0.4) is 0 Å². The summed E-state index contributed by atoms with van der Waals surface area (Å²) in [6, 6.07) is 16.9. The summed E-state index contributed by atoms with van der Waals surface area (Å²) in [5.74, 6) is 1.45. The Morgan fingerprint density at radius 3 is 2.54 bits per heavy atom. The minimum atomic E-state index is -0.347. The summed E-state index contributed by atoms with van der Waals surface area (Å²) in [5, 5.41) is 2.82. The molecule has 0 spiro atoms. The molecule has 2 aromatic carbocycles. The van der Waals surface area contributed by atoms with Gasteiger partial charge in [0.05, 0.1) is 19.9 Å². The fourth-order valence-corrected chi connectivity index (χ4v) is 2.71. The highest BCUT2D eigenvalue weighted by molar-refractivity contribution is 6.04. The van der Waals surface area contributed by atoms with Crippen molar-refractivity contribution in [3.63, 3.8) is 0 Å². The molecule has 1 aromatic heterocycles. The number of anilines is 2. The Hall–Kier alpha value is -3.61. The summed E-state index contributed by atoms with van der Waals surface area (Å²) >= 11 is 0. The zero-order valence-corrected chi connectivity index (χ0v) is 16.0. The highest BCUT2D eigenvalue weighted by Gasteiger charge is 2.14. The van der Waals surface area contributed by atoms with Gasteiger partial charge in [0.15, 0.2) is 0 Å². The molecule has 1 amide bonds. The van der Waals surface area contributed by atoms with E-state index in [4.69, 9.17) is 9.47 Å². The topological polar surface area (TPSA) is 76.6 Å². The van der Waals surface area contributed by atoms with Crippen molar-refractivity contribution < 1.29 is 14.3 Å². The third kappa shape index (κ3) is 4.56. The van der Waals surface area contributed by atoms with Gasteiger partial charge in [0.1, 0.15) is 29.3 Å². The minimum absolute atomic E-state index is 0.266. The number of hydrogen-bond acceptors (Lipinski definition) is 6. The zero-order valence-electron chi connectivity index (χ0n) is 16.0. The normalized spacial score (nSPS) is 10.2. The molecule has 7 nitrogen and oxygen atoms in total. The van der Waals surface area contributed by atoms with Gasteiger partial charge in [-0.2, -0.15) is 0 Å². The number of nitrogens with one attached hydrogen (secondary N) is 1. The molecule has 0 aliphatic carbocycles. The number of aromatic nitrogens is 2. The van der Waals surface area contributed by atoms with E-state index in [-0.39, 0.29) is 11.6 Å². The Kier molecular flexibility index (Phi) is 6.06. The standard InChI is InChI=1S/C21H22N4O3/c1-25(13-15-7-5-4-6-8-15)20-12-18(22-14-23-20)21(26)24-17-10-9-16(27-2)11-19(17)28-3/h4-12,14H,13H2,1-3H3,(H,24,26). The van der Waals surface area contributed by atoms with Crippen molar-refractivity contribution in [2.45, 2.75) is 6.54 Å². The minimum Gasteiger partial charge on any atom is -0.497 e. The van der Waals surface area contributed by atoms with Crippen LogP contribution in [0.2, 0.25) is 0 Å². The van der Waals surface area contributed by atoms with Crippen molar-refractivity contribution in [1.29, 1.82) is 0 Å². The SMILES string of the molecule is COc1ccc(NC(=O)c2cc(N(C)Cc3ccccc3)ncn2)c(OC)c1. The molecule has 0 bridgehead atoms. The third-order valence-electron chi connectivity index (χ3n) is 4.20. The summed E-state index contributed by atoms with van der Waals surface area (Å²) in [6.07, 6.45) is 1.39. The Morgan fingerprint density at radius 1 is 1.04 bits per heavy atom. The maximum absolute atomic E-state index is 12.7. The predicted molar refractivity (Wildman–Crippen MR) is 108 cm³/mol. The molecule has 0 unspecified atom stereocenters. The summed E-state index contributed by atoms with van der Waals surface area (Å²) < 4.78 is 10.5. The fourth-order valence-electron chi connectivity index (χ4n) is 2.71. The van der Waals surface area contributed by atoms with E-state index < -0.39 is 0 Å². The molecular weight excluding hydrogens is 356 g/mol. The first-order valence-electron chi connectivity index (χ1n) is 8.71. The lowest BCUT2D eigenvalue weighted by molar-refractivity contribution is 0.102. The van der Waals surface area contributed by atoms with Crippen molar-refractivity contribution >= 4 is 17.4 Å². The molecule has 0 fully saturated rings. The van der Waals surface area contributed by atoms with E-state index in [0.29, 0.717) is 29.5 Å². The number of carbonyl (C=O) groups excluding carboxylic acids is 1. The van der Waals surface area contributed by atoms with Gasteiger partial charge in [0, 0.05) is 25.7 Å². The second-order valence-electron chi connectivity index (χ2n) is 6.12. The second kappa shape index (κ2) is 8.85. The molecule has 144 valence electrons. The summed E-state index contributed by atoms with van der Waals surface area (Å²) in [4.78, 5) is 23.0. The number of benzene rings is 2. The van der Waals surface area contributed by atoms with Crippen LogP contribution in [0.4, 0.5) is 11.5 Å². The molecule has 1 heterocycles. The molecule has 0 saturated carbocycles. The highest BCUT2D eigenvalue weighted by Crippen LogP contribution is 2.29. The number of ether oxygens (including phenoxy) is 2. The first-order chi connectivity index (χ1) is 13.6. The number of rotatable bonds is 7. The van der Waals surface area contributed by atoms with Crippen molar-refractivity contribution in [3.8, 4) is 11.5 Å². The molecule has 0 saturated heterocycles. The Balaban J connectivity index is 1.75. The lowest BCUT2D eigenvalue weighted by Gasteiger charge is -2.18. The van der Waals surface area contributed by atoms with Gasteiger partial charge in [-0.1, -0.05) is 30.3 Å². The molecule has 0 atom stereocenters. The van der Waals surface area contributed by atoms with Gasteiger partial charge in [-0.3, -0.25) is 4.79 Å². The number of methoxy groups -OCH3 is 2. The summed E-state index contributed by atoms with van der Waals surface area (Å²) in [6.45, 7) is 0.672. The molecular formula is C21H22N4O3. The first-order valence-corrected chi connectivity index (χ1v) is 8.71. The number of amides is 1. The molecule has 28 heavy (non-hydrogen) atoms. The van der Waals surface area contributed by atoms with E-state index in [2.05, 4.69) is 15.3 Å². The highest BCUT2D eigenvalue weighted by atomic mass is 16.5. The smallest absolute Gasteiger partial charge is 0.274 e. The van der Waals surface area contributed by atoms with E-state index >= 15 is 0 Å². The monoisotopic (exact) mass is 378 g/mol. The van der Waals surface area contributed by atoms with E-state index in [0.717, 1.165) is 5.56 Å². The van der Waals surface area contributed by atoms with Crippen molar-refractivity contribution in [2.75, 3.05) is 31.5 Å². The van der Waals surface area contributed by atoms with Crippen LogP contribution >= 0.6 is 0 Å². The van der Waals surface area contributed by atoms with Crippen LogP contribution < -0.4 is 19.7 Å². The molecule has 0 aliphatic heterocycles. The second-order valence-corrected chi connectivity index (χ2v) is 6.12. The molecule has 3 aromatic rings. The maximum atomic E-state index is 12.7. The largest absolute Gasteiger partial charge is 0.497 e. The summed E-state index contributed by atoms with van der Waals surface area (Å²) in [5.41, 5.74) is 1.95. The quantitative estimate of drug-likeness (QED) is 0.679. The van der Waals surface area contributed by atoms with Gasteiger partial charge in [0.25, 0.3) is 5.91 Å². The lowest BCUT2D eigenvalue weighted by atomic mass is 10.2. The van der Waals surface area contributed by atoms with Gasteiger partial charge in [0.2, 0.25) is 0 Å². The van der Waals surface area contributed by atoms with Gasteiger partial charge in [-0.15, -0.1) is 0 Å². The third-order valence-corrected chi connectivity index (χ3v) is 4.20. The molecule has 1 N–H and O–H groups in total. The molecule has 0 aliphatic rings. The fraction of sp³-hybridized carbons (Fsp3) is 0.190. The van der Waals surface area contributed by atoms with Crippen LogP contribution in [-0.2, 0) is 6.54 Å². The first kappa shape index (κ1) is 19.2. The zero-order chi connectivity index (χ0) is 19.9. The van der Waals surface area contributed by atoms with Gasteiger partial charge in [-0.05, 0) is 17.7 Å². The Labute approximate surface area is 164 Å². The molecule has 7 heteroatoms. The summed E-state index contributed by atoms with van der Waals surface area (Å²) in [7, 11) is 5.02. The van der Waals surface area contributed by atoms with Gasteiger partial charge < -0.3 is 19.7 Å². The van der Waals surface area contributed by atoms with E-state index in [1.54, 1.807) is 31.4 Å². The Bertz CT molecular complexity index is 947. The molecule has 0 radical (unpaired) electrons. The number of carbonyl (C=O) groups is 1. The van der Waals surface area contributed by atoms with Crippen LogP contribution in [0, 0.1) is 0 Å². The van der Waals surface area contributed by atoms with Crippen LogP contribution in [0.1, 0.15) is 16.1 Å². The lowest BCUT2D eigenvalue weighted by Crippen LogP contribution is -2.20. The van der Waals surface area contributed by atoms with Crippen LogP contribution in [0.5, 0.6) is 11.5 Å². The van der Waals surface area contributed by atoms with Gasteiger partial charge >= 0.3 is 0 Å². The van der Waals surface area contributed by atoms with Crippen molar-refractivity contribution in [3.05, 3.63) is 72.2 Å². The predicted octanol–water partition coefficient (Wildman–Crippen LogP) is 3.38. The number of nitrogens with zero attached hydrogens (tertiary/aromatic N) is 3. The van der Waals surface area contributed by atoms with E-state index in [1.165, 1.54) is 13.4 Å². The van der Waals surface area contributed by atoms with E-state index in [1.807, 2.05) is 42.3 Å². The van der Waals surface area contributed by atoms with E-state index in [9.17, 15) is 4.79 Å². The van der Waals surface area contributed by atoms with Crippen molar-refractivity contribution in [1.82, 2.24) is 9.97 Å². The maximum Gasteiger partial charge on any atom is 0.274 e.